The number of methoxy groups -OCH3 is 1. The van der Waals surface area contributed by atoms with E-state index >= 15 is 0 Å². The SMILES string of the molecule is COc1cc(NCC(F)(F)CO)nc(N)n1. The molecule has 1 aromatic heterocycles. The van der Waals surface area contributed by atoms with Crippen molar-refractivity contribution in [3.8, 4) is 5.88 Å². The van der Waals surface area contributed by atoms with E-state index in [0.717, 1.165) is 0 Å². The molecule has 0 bridgehead atoms. The Labute approximate surface area is 90.5 Å². The fourth-order valence-electron chi connectivity index (χ4n) is 0.914. The summed E-state index contributed by atoms with van der Waals surface area (Å²) in [5.74, 6) is -3.03. The second-order valence-corrected chi connectivity index (χ2v) is 3.02. The van der Waals surface area contributed by atoms with E-state index in [-0.39, 0.29) is 17.6 Å². The predicted molar refractivity (Wildman–Crippen MR) is 53.5 cm³/mol. The molecular weight excluding hydrogens is 222 g/mol. The third-order valence-electron chi connectivity index (χ3n) is 1.69. The number of aromatic nitrogens is 2. The highest BCUT2D eigenvalue weighted by Crippen LogP contribution is 2.17. The Hall–Kier alpha value is -1.70. The number of halogens is 2. The number of alkyl halides is 2. The maximum Gasteiger partial charge on any atom is 0.287 e. The minimum atomic E-state index is -3.22. The van der Waals surface area contributed by atoms with E-state index in [1.807, 2.05) is 0 Å². The van der Waals surface area contributed by atoms with Gasteiger partial charge in [0.25, 0.3) is 5.92 Å². The number of aliphatic hydroxyl groups is 1. The molecule has 0 aliphatic heterocycles. The quantitative estimate of drug-likeness (QED) is 0.669. The van der Waals surface area contributed by atoms with Gasteiger partial charge in [-0.15, -0.1) is 0 Å². The van der Waals surface area contributed by atoms with Gasteiger partial charge >= 0.3 is 0 Å². The monoisotopic (exact) mass is 234 g/mol. The van der Waals surface area contributed by atoms with Crippen LogP contribution in [0.25, 0.3) is 0 Å². The van der Waals surface area contributed by atoms with Gasteiger partial charge in [-0.1, -0.05) is 0 Å². The Morgan fingerprint density at radius 1 is 1.56 bits per heavy atom. The van der Waals surface area contributed by atoms with Crippen LogP contribution in [0.3, 0.4) is 0 Å². The molecule has 1 aromatic rings. The Bertz CT molecular complexity index is 362. The van der Waals surface area contributed by atoms with Crippen molar-refractivity contribution < 1.29 is 18.6 Å². The molecule has 1 heterocycles. The molecule has 0 radical (unpaired) electrons. The maximum atomic E-state index is 12.7. The molecule has 4 N–H and O–H groups in total. The molecule has 0 saturated carbocycles. The lowest BCUT2D eigenvalue weighted by molar-refractivity contribution is -0.0373. The summed E-state index contributed by atoms with van der Waals surface area (Å²) in [7, 11) is 1.37. The molecule has 0 fully saturated rings. The summed E-state index contributed by atoms with van der Waals surface area (Å²) in [4.78, 5) is 7.36. The van der Waals surface area contributed by atoms with E-state index in [0.29, 0.717) is 0 Å². The van der Waals surface area contributed by atoms with Crippen LogP contribution in [-0.4, -0.2) is 41.3 Å². The number of nitrogens with one attached hydrogen (secondary N) is 1. The average Bonchev–Trinajstić information content (AvgIpc) is 2.26. The van der Waals surface area contributed by atoms with Crippen LogP contribution in [0.1, 0.15) is 0 Å². The van der Waals surface area contributed by atoms with Crippen molar-refractivity contribution >= 4 is 11.8 Å². The number of aliphatic hydroxyl groups excluding tert-OH is 1. The van der Waals surface area contributed by atoms with Gasteiger partial charge in [0, 0.05) is 6.07 Å². The summed E-state index contributed by atoms with van der Waals surface area (Å²) >= 11 is 0. The first-order valence-electron chi connectivity index (χ1n) is 4.38. The van der Waals surface area contributed by atoms with Gasteiger partial charge in [-0.25, -0.2) is 8.78 Å². The highest BCUT2D eigenvalue weighted by atomic mass is 19.3. The van der Waals surface area contributed by atoms with Gasteiger partial charge in [-0.05, 0) is 0 Å². The second-order valence-electron chi connectivity index (χ2n) is 3.02. The van der Waals surface area contributed by atoms with Crippen LogP contribution in [0.15, 0.2) is 6.07 Å². The zero-order valence-electron chi connectivity index (χ0n) is 8.57. The first-order chi connectivity index (χ1) is 7.46. The third kappa shape index (κ3) is 3.46. The van der Waals surface area contributed by atoms with Crippen LogP contribution in [0, 0.1) is 0 Å². The molecular formula is C8H12F2N4O2. The van der Waals surface area contributed by atoms with Crippen molar-refractivity contribution in [3.05, 3.63) is 6.07 Å². The second kappa shape index (κ2) is 4.88. The van der Waals surface area contributed by atoms with Crippen LogP contribution in [0.5, 0.6) is 5.88 Å². The summed E-state index contributed by atoms with van der Waals surface area (Å²) < 4.78 is 30.2. The van der Waals surface area contributed by atoms with Crippen molar-refractivity contribution in [1.29, 1.82) is 0 Å². The Balaban J connectivity index is 2.70. The number of nitrogens with zero attached hydrogens (tertiary/aromatic N) is 2. The number of ether oxygens (including phenoxy) is 1. The van der Waals surface area contributed by atoms with Gasteiger partial charge in [-0.3, -0.25) is 0 Å². The van der Waals surface area contributed by atoms with Gasteiger partial charge < -0.3 is 20.9 Å². The summed E-state index contributed by atoms with van der Waals surface area (Å²) in [6.45, 7) is -1.99. The van der Waals surface area contributed by atoms with Gasteiger partial charge in [0.05, 0.1) is 13.7 Å². The number of rotatable bonds is 5. The molecule has 90 valence electrons. The van der Waals surface area contributed by atoms with E-state index < -0.39 is 19.1 Å². The van der Waals surface area contributed by atoms with Crippen LogP contribution in [0.2, 0.25) is 0 Å². The standard InChI is InChI=1S/C8H12F2N4O2/c1-16-6-2-5(13-7(11)14-6)12-3-8(9,10)4-15/h2,15H,3-4H2,1H3,(H3,11,12,13,14). The molecule has 0 spiro atoms. The first-order valence-corrected chi connectivity index (χ1v) is 4.38. The molecule has 16 heavy (non-hydrogen) atoms. The van der Waals surface area contributed by atoms with Crippen molar-refractivity contribution in [1.82, 2.24) is 9.97 Å². The van der Waals surface area contributed by atoms with Gasteiger partial charge in [0.2, 0.25) is 11.8 Å². The number of nitrogen functional groups attached to an aromatic ring is 1. The molecule has 0 unspecified atom stereocenters. The van der Waals surface area contributed by atoms with E-state index in [1.54, 1.807) is 0 Å². The normalized spacial score (nSPS) is 11.2. The molecule has 0 atom stereocenters. The van der Waals surface area contributed by atoms with Crippen LogP contribution >= 0.6 is 0 Å². The molecule has 6 nitrogen and oxygen atoms in total. The van der Waals surface area contributed by atoms with Gasteiger partial charge in [-0.2, -0.15) is 9.97 Å². The summed E-state index contributed by atoms with van der Waals surface area (Å²) in [5.41, 5.74) is 5.33. The largest absolute Gasteiger partial charge is 0.481 e. The Morgan fingerprint density at radius 2 is 2.25 bits per heavy atom. The number of hydrogen-bond donors (Lipinski definition) is 3. The topological polar surface area (TPSA) is 93.3 Å². The fraction of sp³-hybridized carbons (Fsp3) is 0.500. The summed E-state index contributed by atoms with van der Waals surface area (Å²) in [5, 5.41) is 10.7. The van der Waals surface area contributed by atoms with Crippen molar-refractivity contribution in [3.63, 3.8) is 0 Å². The lowest BCUT2D eigenvalue weighted by atomic mass is 10.3. The maximum absolute atomic E-state index is 12.7. The van der Waals surface area contributed by atoms with Crippen LogP contribution in [0.4, 0.5) is 20.5 Å². The van der Waals surface area contributed by atoms with Gasteiger partial charge in [0.15, 0.2) is 0 Å². The van der Waals surface area contributed by atoms with Crippen LogP contribution < -0.4 is 15.8 Å². The minimum Gasteiger partial charge on any atom is -0.481 e. The Morgan fingerprint density at radius 3 is 2.81 bits per heavy atom. The molecule has 0 aromatic carbocycles. The molecule has 0 saturated heterocycles. The predicted octanol–water partition coefficient (Wildman–Crippen LogP) is 0.107. The highest BCUT2D eigenvalue weighted by Gasteiger charge is 2.27. The summed E-state index contributed by atoms with van der Waals surface area (Å²) in [6, 6.07) is 1.32. The average molecular weight is 234 g/mol. The third-order valence-corrected chi connectivity index (χ3v) is 1.69. The van der Waals surface area contributed by atoms with Crippen molar-refractivity contribution in [2.45, 2.75) is 5.92 Å². The smallest absolute Gasteiger partial charge is 0.287 e. The Kier molecular flexibility index (Phi) is 3.78. The van der Waals surface area contributed by atoms with E-state index in [1.165, 1.54) is 13.2 Å². The van der Waals surface area contributed by atoms with Crippen LogP contribution in [-0.2, 0) is 0 Å². The lowest BCUT2D eigenvalue weighted by Crippen LogP contribution is -2.31. The zero-order valence-corrected chi connectivity index (χ0v) is 8.57. The molecule has 1 rings (SSSR count). The van der Waals surface area contributed by atoms with Gasteiger partial charge in [0.1, 0.15) is 12.4 Å². The van der Waals surface area contributed by atoms with E-state index in [9.17, 15) is 8.78 Å². The zero-order chi connectivity index (χ0) is 12.2. The number of anilines is 2. The lowest BCUT2D eigenvalue weighted by Gasteiger charge is -2.14. The van der Waals surface area contributed by atoms with Crippen molar-refractivity contribution in [2.75, 3.05) is 31.3 Å². The van der Waals surface area contributed by atoms with E-state index in [2.05, 4.69) is 15.3 Å². The fourth-order valence-corrected chi connectivity index (χ4v) is 0.914. The summed E-state index contributed by atoms with van der Waals surface area (Å²) in [6.07, 6.45) is 0. The molecule has 0 amide bonds. The van der Waals surface area contributed by atoms with Crippen molar-refractivity contribution in [2.24, 2.45) is 0 Å². The minimum absolute atomic E-state index is 0.0887. The highest BCUT2D eigenvalue weighted by molar-refractivity contribution is 5.42. The number of nitrogens with two attached hydrogens (primary N) is 1. The molecule has 0 aliphatic carbocycles. The molecule has 0 aliphatic rings. The van der Waals surface area contributed by atoms with E-state index in [4.69, 9.17) is 15.6 Å². The number of hydrogen-bond acceptors (Lipinski definition) is 6. The molecule has 8 heteroatoms. The first kappa shape index (κ1) is 12.4.